The maximum Gasteiger partial charge on any atom is 0.325 e. The average Bonchev–Trinajstić information content (AvgIpc) is 2.63. The summed E-state index contributed by atoms with van der Waals surface area (Å²) in [6.07, 6.45) is 11.3. The second-order valence-corrected chi connectivity index (χ2v) is 9.47. The quantitative estimate of drug-likeness (QED) is 0.722. The molecule has 4 bridgehead atoms. The van der Waals surface area contributed by atoms with E-state index in [1.165, 1.54) is 38.5 Å². The Kier molecular flexibility index (Phi) is 5.42. The molecule has 0 radical (unpaired) electrons. The third-order valence-corrected chi connectivity index (χ3v) is 7.20. The van der Waals surface area contributed by atoms with Crippen LogP contribution in [-0.2, 0) is 19.1 Å². The Morgan fingerprint density at radius 1 is 0.926 bits per heavy atom. The number of likely N-dealkylation sites (tertiary alicyclic amines) is 1. The number of hydrogen-bond donors (Lipinski definition) is 1. The molecule has 5 aliphatic rings. The summed E-state index contributed by atoms with van der Waals surface area (Å²) >= 11 is 0. The minimum atomic E-state index is -0.528. The average molecular weight is 376 g/mol. The predicted molar refractivity (Wildman–Crippen MR) is 99.6 cm³/mol. The molecule has 1 heterocycles. The first-order valence-corrected chi connectivity index (χ1v) is 10.7. The Hall–Kier alpha value is -1.59. The summed E-state index contributed by atoms with van der Waals surface area (Å²) < 4.78 is 5.06. The highest BCUT2D eigenvalue weighted by molar-refractivity contribution is 5.84. The van der Waals surface area contributed by atoms with Gasteiger partial charge in [-0.25, -0.2) is 0 Å². The van der Waals surface area contributed by atoms with Crippen LogP contribution < -0.4 is 5.32 Å². The van der Waals surface area contributed by atoms with Crippen molar-refractivity contribution in [2.45, 2.75) is 64.2 Å². The van der Waals surface area contributed by atoms with Crippen LogP contribution >= 0.6 is 0 Å². The van der Waals surface area contributed by atoms with E-state index in [0.29, 0.717) is 6.42 Å². The van der Waals surface area contributed by atoms with Crippen molar-refractivity contribution in [3.63, 3.8) is 0 Å². The lowest BCUT2D eigenvalue weighted by Gasteiger charge is -2.56. The Balaban J connectivity index is 1.17. The van der Waals surface area contributed by atoms with Crippen molar-refractivity contribution >= 4 is 17.8 Å². The van der Waals surface area contributed by atoms with Gasteiger partial charge >= 0.3 is 5.97 Å². The van der Waals surface area contributed by atoms with Crippen LogP contribution in [0, 0.1) is 23.2 Å². The van der Waals surface area contributed by atoms with Gasteiger partial charge in [-0.2, -0.15) is 0 Å². The molecule has 0 aromatic carbocycles. The van der Waals surface area contributed by atoms with Crippen molar-refractivity contribution < 1.29 is 19.1 Å². The zero-order chi connectivity index (χ0) is 18.9. The lowest BCUT2D eigenvalue weighted by Crippen LogP contribution is -2.48. The van der Waals surface area contributed by atoms with Crippen LogP contribution in [0.5, 0.6) is 0 Å². The zero-order valence-corrected chi connectivity index (χ0v) is 16.2. The number of esters is 1. The maximum atomic E-state index is 12.4. The molecule has 0 aromatic heterocycles. The monoisotopic (exact) mass is 376 g/mol. The van der Waals surface area contributed by atoms with E-state index < -0.39 is 5.97 Å². The van der Waals surface area contributed by atoms with Crippen molar-refractivity contribution in [2.24, 2.45) is 23.2 Å². The molecule has 2 amide bonds. The van der Waals surface area contributed by atoms with Crippen molar-refractivity contribution in [1.82, 2.24) is 10.2 Å². The van der Waals surface area contributed by atoms with Crippen LogP contribution in [0.2, 0.25) is 0 Å². The SMILES string of the molecule is O=C(CC12CC3CC(CC(C3)C1)C2)NCC(=O)OCC(=O)N1CCCCC1. The first-order valence-electron chi connectivity index (χ1n) is 10.7. The first-order chi connectivity index (χ1) is 13.0. The first kappa shape index (κ1) is 18.8. The van der Waals surface area contributed by atoms with E-state index in [1.54, 1.807) is 4.90 Å². The molecule has 6 nitrogen and oxygen atoms in total. The number of carbonyl (C=O) groups excluding carboxylic acids is 3. The van der Waals surface area contributed by atoms with Crippen molar-refractivity contribution in [2.75, 3.05) is 26.2 Å². The molecule has 0 unspecified atom stereocenters. The molecule has 0 spiro atoms. The van der Waals surface area contributed by atoms with E-state index in [1.807, 2.05) is 0 Å². The molecule has 1 N–H and O–H groups in total. The minimum Gasteiger partial charge on any atom is -0.454 e. The van der Waals surface area contributed by atoms with Gasteiger partial charge in [0.1, 0.15) is 6.54 Å². The number of carbonyl (C=O) groups is 3. The van der Waals surface area contributed by atoms with E-state index in [2.05, 4.69) is 5.32 Å². The fraction of sp³-hybridized carbons (Fsp3) is 0.857. The zero-order valence-electron chi connectivity index (χ0n) is 16.2. The molecule has 6 heteroatoms. The van der Waals surface area contributed by atoms with Crippen molar-refractivity contribution in [1.29, 1.82) is 0 Å². The topological polar surface area (TPSA) is 75.7 Å². The lowest BCUT2D eigenvalue weighted by atomic mass is 9.49. The second kappa shape index (κ2) is 7.80. The predicted octanol–water partition coefficient (Wildman–Crippen LogP) is 2.26. The summed E-state index contributed by atoms with van der Waals surface area (Å²) in [6, 6.07) is 0. The van der Waals surface area contributed by atoms with E-state index in [9.17, 15) is 14.4 Å². The molecular weight excluding hydrogens is 344 g/mol. The molecule has 1 aliphatic heterocycles. The van der Waals surface area contributed by atoms with Gasteiger partial charge in [-0.15, -0.1) is 0 Å². The number of amides is 2. The third kappa shape index (κ3) is 4.46. The van der Waals surface area contributed by atoms with Crippen LogP contribution in [0.25, 0.3) is 0 Å². The summed E-state index contributed by atoms with van der Waals surface area (Å²) in [7, 11) is 0. The minimum absolute atomic E-state index is 0.0451. The Bertz CT molecular complexity index is 562. The highest BCUT2D eigenvalue weighted by Crippen LogP contribution is 2.61. The summed E-state index contributed by atoms with van der Waals surface area (Å²) in [4.78, 5) is 38.1. The molecule has 4 aliphatic carbocycles. The van der Waals surface area contributed by atoms with Gasteiger partial charge in [0.05, 0.1) is 0 Å². The van der Waals surface area contributed by atoms with E-state index >= 15 is 0 Å². The third-order valence-electron chi connectivity index (χ3n) is 7.20. The Labute approximate surface area is 161 Å². The van der Waals surface area contributed by atoms with E-state index in [0.717, 1.165) is 50.1 Å². The molecule has 0 atom stereocenters. The second-order valence-electron chi connectivity index (χ2n) is 9.47. The highest BCUT2D eigenvalue weighted by Gasteiger charge is 2.51. The van der Waals surface area contributed by atoms with Gasteiger partial charge in [-0.3, -0.25) is 14.4 Å². The lowest BCUT2D eigenvalue weighted by molar-refractivity contribution is -0.152. The smallest absolute Gasteiger partial charge is 0.325 e. The molecule has 150 valence electrons. The number of nitrogens with one attached hydrogen (secondary N) is 1. The van der Waals surface area contributed by atoms with Crippen LogP contribution in [0.15, 0.2) is 0 Å². The summed E-state index contributed by atoms with van der Waals surface area (Å²) in [5, 5.41) is 2.72. The maximum absolute atomic E-state index is 12.4. The van der Waals surface area contributed by atoms with Gasteiger partial charge in [0.15, 0.2) is 6.61 Å². The number of hydrogen-bond acceptors (Lipinski definition) is 4. The summed E-state index contributed by atoms with van der Waals surface area (Å²) in [5.74, 6) is 1.73. The highest BCUT2D eigenvalue weighted by atomic mass is 16.5. The van der Waals surface area contributed by atoms with Crippen LogP contribution in [0.4, 0.5) is 0 Å². The molecule has 5 rings (SSSR count). The Morgan fingerprint density at radius 3 is 2.11 bits per heavy atom. The summed E-state index contributed by atoms with van der Waals surface area (Å²) in [5.41, 5.74) is 0.174. The van der Waals surface area contributed by atoms with Gasteiger partial charge in [0.2, 0.25) is 5.91 Å². The summed E-state index contributed by atoms with van der Waals surface area (Å²) in [6.45, 7) is 1.14. The van der Waals surface area contributed by atoms with Gasteiger partial charge in [0, 0.05) is 19.5 Å². The number of piperidine rings is 1. The largest absolute Gasteiger partial charge is 0.454 e. The molecule has 1 saturated heterocycles. The van der Waals surface area contributed by atoms with Gasteiger partial charge in [0.25, 0.3) is 5.91 Å². The molecule has 4 saturated carbocycles. The van der Waals surface area contributed by atoms with Crippen LogP contribution in [0.3, 0.4) is 0 Å². The number of rotatable bonds is 6. The fourth-order valence-electron chi connectivity index (χ4n) is 6.51. The van der Waals surface area contributed by atoms with Crippen molar-refractivity contribution in [3.8, 4) is 0 Å². The van der Waals surface area contributed by atoms with E-state index in [4.69, 9.17) is 4.74 Å². The van der Waals surface area contributed by atoms with Crippen LogP contribution in [0.1, 0.15) is 64.2 Å². The standard InChI is InChI=1S/C21H32N2O4/c24-18(12-21-9-15-6-16(10-21)8-17(7-15)11-21)22-13-20(26)27-14-19(25)23-4-2-1-3-5-23/h15-17H,1-14H2,(H,22,24). The molecule has 27 heavy (non-hydrogen) atoms. The van der Waals surface area contributed by atoms with Crippen LogP contribution in [-0.4, -0.2) is 48.9 Å². The fourth-order valence-corrected chi connectivity index (χ4v) is 6.51. The van der Waals surface area contributed by atoms with Crippen molar-refractivity contribution in [3.05, 3.63) is 0 Å². The Morgan fingerprint density at radius 2 is 1.52 bits per heavy atom. The van der Waals surface area contributed by atoms with Gasteiger partial charge < -0.3 is 15.0 Å². The number of ether oxygens (including phenoxy) is 1. The molecular formula is C21H32N2O4. The van der Waals surface area contributed by atoms with E-state index in [-0.39, 0.29) is 30.4 Å². The van der Waals surface area contributed by atoms with Gasteiger partial charge in [-0.05, 0) is 81.0 Å². The number of nitrogens with zero attached hydrogens (tertiary/aromatic N) is 1. The molecule has 0 aromatic rings. The van der Waals surface area contributed by atoms with Gasteiger partial charge in [-0.1, -0.05) is 0 Å². The normalized spacial score (nSPS) is 34.4. The molecule has 5 fully saturated rings.